The van der Waals surface area contributed by atoms with Crippen LogP contribution in [-0.4, -0.2) is 16.0 Å². The summed E-state index contributed by atoms with van der Waals surface area (Å²) in [6.07, 6.45) is 6.97. The minimum atomic E-state index is 0.533. The smallest absolute Gasteiger partial charge is 0.222 e. The third-order valence-electron chi connectivity index (χ3n) is 2.65. The van der Waals surface area contributed by atoms with E-state index in [2.05, 4.69) is 22.2 Å². The van der Waals surface area contributed by atoms with Crippen LogP contribution in [0, 0.1) is 5.92 Å². The number of nitrogens with one attached hydrogen (secondary N) is 1. The van der Waals surface area contributed by atoms with E-state index in [4.69, 9.17) is 11.6 Å². The fourth-order valence-corrected chi connectivity index (χ4v) is 2.01. The molecule has 0 saturated heterocycles. The normalized spacial score (nSPS) is 26.4. The Kier molecular flexibility index (Phi) is 2.87. The first-order chi connectivity index (χ1) is 6.74. The van der Waals surface area contributed by atoms with Crippen LogP contribution < -0.4 is 5.32 Å². The van der Waals surface area contributed by atoms with Gasteiger partial charge in [-0.25, -0.2) is 9.97 Å². The maximum Gasteiger partial charge on any atom is 0.222 e. The average molecular weight is 212 g/mol. The molecule has 1 saturated carbocycles. The molecule has 0 bridgehead atoms. The van der Waals surface area contributed by atoms with Gasteiger partial charge < -0.3 is 5.32 Å². The molecule has 3 nitrogen and oxygen atoms in total. The second-order valence-corrected chi connectivity index (χ2v) is 4.42. The lowest BCUT2D eigenvalue weighted by molar-refractivity contribution is 0.602. The minimum Gasteiger partial charge on any atom is -0.351 e. The van der Waals surface area contributed by atoms with Crippen molar-refractivity contribution in [2.45, 2.75) is 32.2 Å². The van der Waals surface area contributed by atoms with Gasteiger partial charge in [0.05, 0.1) is 17.4 Å². The zero-order valence-electron chi connectivity index (χ0n) is 8.20. The highest BCUT2D eigenvalue weighted by atomic mass is 35.5. The lowest BCUT2D eigenvalue weighted by Crippen LogP contribution is -2.17. The Hall–Kier alpha value is -0.830. The Morgan fingerprint density at radius 2 is 2.07 bits per heavy atom. The molecule has 1 fully saturated rings. The summed E-state index contributed by atoms with van der Waals surface area (Å²) < 4.78 is 0. The highest BCUT2D eigenvalue weighted by Gasteiger charge is 2.21. The fraction of sp³-hybridized carbons (Fsp3) is 0.600. The van der Waals surface area contributed by atoms with Crippen molar-refractivity contribution in [2.75, 3.05) is 5.32 Å². The summed E-state index contributed by atoms with van der Waals surface area (Å²) in [6, 6.07) is 0.533. The average Bonchev–Trinajstić information content (AvgIpc) is 2.56. The molecule has 0 aliphatic heterocycles. The number of halogens is 1. The number of rotatable bonds is 2. The third-order valence-corrected chi connectivity index (χ3v) is 2.84. The molecule has 2 atom stereocenters. The second-order valence-electron chi connectivity index (χ2n) is 3.98. The van der Waals surface area contributed by atoms with Crippen LogP contribution in [0.15, 0.2) is 12.4 Å². The predicted octanol–water partition coefficient (Wildman–Crippen LogP) is 2.73. The van der Waals surface area contributed by atoms with Crippen LogP contribution in [0.25, 0.3) is 0 Å². The molecule has 4 heteroatoms. The first-order valence-electron chi connectivity index (χ1n) is 4.98. The third kappa shape index (κ3) is 2.35. The van der Waals surface area contributed by atoms with E-state index in [1.165, 1.54) is 19.3 Å². The van der Waals surface area contributed by atoms with Crippen molar-refractivity contribution in [2.24, 2.45) is 5.92 Å². The molecule has 0 amide bonds. The molecule has 1 N–H and O–H groups in total. The van der Waals surface area contributed by atoms with Gasteiger partial charge in [-0.3, -0.25) is 0 Å². The van der Waals surface area contributed by atoms with E-state index < -0.39 is 0 Å². The zero-order chi connectivity index (χ0) is 9.97. The molecule has 0 spiro atoms. The second kappa shape index (κ2) is 4.13. The molecule has 1 aliphatic rings. The standard InChI is InChI=1S/C10H14ClN3/c1-7-2-3-9(4-7)14-10-12-5-8(11)6-13-10/h5-7,9H,2-4H2,1H3,(H,12,13,14). The lowest BCUT2D eigenvalue weighted by atomic mass is 10.1. The van der Waals surface area contributed by atoms with E-state index in [1.54, 1.807) is 12.4 Å². The summed E-state index contributed by atoms with van der Waals surface area (Å²) in [5.41, 5.74) is 0. The quantitative estimate of drug-likeness (QED) is 0.818. The van der Waals surface area contributed by atoms with Crippen molar-refractivity contribution in [3.63, 3.8) is 0 Å². The largest absolute Gasteiger partial charge is 0.351 e. The van der Waals surface area contributed by atoms with Crippen molar-refractivity contribution >= 4 is 17.5 Å². The minimum absolute atomic E-state index is 0.533. The van der Waals surface area contributed by atoms with Gasteiger partial charge >= 0.3 is 0 Å². The van der Waals surface area contributed by atoms with E-state index in [0.29, 0.717) is 17.0 Å². The van der Waals surface area contributed by atoms with E-state index in [0.717, 1.165) is 5.92 Å². The van der Waals surface area contributed by atoms with Crippen LogP contribution in [0.4, 0.5) is 5.95 Å². The molecule has 14 heavy (non-hydrogen) atoms. The van der Waals surface area contributed by atoms with Crippen molar-refractivity contribution in [3.8, 4) is 0 Å². The number of nitrogens with zero attached hydrogens (tertiary/aromatic N) is 2. The predicted molar refractivity (Wildman–Crippen MR) is 57.5 cm³/mol. The molecule has 2 rings (SSSR count). The van der Waals surface area contributed by atoms with Crippen molar-refractivity contribution in [3.05, 3.63) is 17.4 Å². The van der Waals surface area contributed by atoms with Gasteiger partial charge in [0.25, 0.3) is 0 Å². The van der Waals surface area contributed by atoms with Crippen molar-refractivity contribution in [1.29, 1.82) is 0 Å². The highest BCUT2D eigenvalue weighted by molar-refractivity contribution is 6.30. The summed E-state index contributed by atoms with van der Waals surface area (Å²) in [5.74, 6) is 1.51. The Balaban J connectivity index is 1.94. The van der Waals surface area contributed by atoms with Gasteiger partial charge in [-0.1, -0.05) is 18.5 Å². The lowest BCUT2D eigenvalue weighted by Gasteiger charge is -2.11. The van der Waals surface area contributed by atoms with E-state index in [-0.39, 0.29) is 0 Å². The van der Waals surface area contributed by atoms with Crippen LogP contribution in [-0.2, 0) is 0 Å². The molecule has 76 valence electrons. The Bertz CT molecular complexity index is 299. The Labute approximate surface area is 88.9 Å². The topological polar surface area (TPSA) is 37.8 Å². The number of hydrogen-bond donors (Lipinski definition) is 1. The van der Waals surface area contributed by atoms with Gasteiger partial charge in [0.2, 0.25) is 5.95 Å². The van der Waals surface area contributed by atoms with E-state index in [1.807, 2.05) is 0 Å². The van der Waals surface area contributed by atoms with Crippen molar-refractivity contribution in [1.82, 2.24) is 9.97 Å². The van der Waals surface area contributed by atoms with Gasteiger partial charge in [-0.05, 0) is 25.2 Å². The first kappa shape index (κ1) is 9.71. The number of anilines is 1. The molecule has 0 aromatic carbocycles. The van der Waals surface area contributed by atoms with E-state index in [9.17, 15) is 0 Å². The molecule has 1 aromatic heterocycles. The van der Waals surface area contributed by atoms with Gasteiger partial charge in [-0.15, -0.1) is 0 Å². The summed E-state index contributed by atoms with van der Waals surface area (Å²) in [5, 5.41) is 3.90. The molecule has 2 unspecified atom stereocenters. The van der Waals surface area contributed by atoms with Crippen LogP contribution in [0.5, 0.6) is 0 Å². The highest BCUT2D eigenvalue weighted by Crippen LogP contribution is 2.26. The molecule has 0 radical (unpaired) electrons. The summed E-state index contributed by atoms with van der Waals surface area (Å²) in [6.45, 7) is 2.28. The SMILES string of the molecule is CC1CCC(Nc2ncc(Cl)cn2)C1. The number of aromatic nitrogens is 2. The molecular formula is C10H14ClN3. The molecular weight excluding hydrogens is 198 g/mol. The molecule has 1 aliphatic carbocycles. The van der Waals surface area contributed by atoms with Gasteiger partial charge in [0.15, 0.2) is 0 Å². The maximum absolute atomic E-state index is 5.70. The van der Waals surface area contributed by atoms with Crippen LogP contribution in [0.1, 0.15) is 26.2 Å². The van der Waals surface area contributed by atoms with Gasteiger partial charge in [0.1, 0.15) is 0 Å². The monoisotopic (exact) mass is 211 g/mol. The molecule has 1 heterocycles. The fourth-order valence-electron chi connectivity index (χ4n) is 1.91. The van der Waals surface area contributed by atoms with Crippen LogP contribution in [0.3, 0.4) is 0 Å². The van der Waals surface area contributed by atoms with Gasteiger partial charge in [0, 0.05) is 6.04 Å². The molecule has 1 aromatic rings. The summed E-state index contributed by atoms with van der Waals surface area (Å²) in [4.78, 5) is 8.23. The summed E-state index contributed by atoms with van der Waals surface area (Å²) >= 11 is 5.70. The Morgan fingerprint density at radius 3 is 2.64 bits per heavy atom. The maximum atomic E-state index is 5.70. The zero-order valence-corrected chi connectivity index (χ0v) is 8.96. The van der Waals surface area contributed by atoms with Gasteiger partial charge in [-0.2, -0.15) is 0 Å². The van der Waals surface area contributed by atoms with E-state index >= 15 is 0 Å². The van der Waals surface area contributed by atoms with Crippen LogP contribution >= 0.6 is 11.6 Å². The number of hydrogen-bond acceptors (Lipinski definition) is 3. The van der Waals surface area contributed by atoms with Crippen LogP contribution in [0.2, 0.25) is 5.02 Å². The van der Waals surface area contributed by atoms with Crippen molar-refractivity contribution < 1.29 is 0 Å². The first-order valence-corrected chi connectivity index (χ1v) is 5.36. The summed E-state index contributed by atoms with van der Waals surface area (Å²) in [7, 11) is 0. The Morgan fingerprint density at radius 1 is 1.36 bits per heavy atom.